The average Bonchev–Trinajstić information content (AvgIpc) is 2.62. The smallest absolute Gasteiger partial charge is 0.308 e. The van der Waals surface area contributed by atoms with Gasteiger partial charge in [0.05, 0.1) is 20.1 Å². The van der Waals surface area contributed by atoms with Crippen molar-refractivity contribution in [3.05, 3.63) is 29.8 Å². The first-order valence-electron chi connectivity index (χ1n) is 7.85. The second kappa shape index (κ2) is 10.4. The molecule has 0 radical (unpaired) electrons. The van der Waals surface area contributed by atoms with Crippen LogP contribution in [-0.2, 0) is 16.1 Å². The number of methoxy groups -OCH3 is 2. The summed E-state index contributed by atoms with van der Waals surface area (Å²) in [6.45, 7) is 2.24. The van der Waals surface area contributed by atoms with Gasteiger partial charge in [-0.3, -0.25) is 9.79 Å². The maximum Gasteiger partial charge on any atom is 0.308 e. The first-order chi connectivity index (χ1) is 11.2. The Kier molecular flexibility index (Phi) is 8.88. The average molecular weight is 447 g/mol. The van der Waals surface area contributed by atoms with Crippen molar-refractivity contribution in [1.82, 2.24) is 10.2 Å². The van der Waals surface area contributed by atoms with E-state index < -0.39 is 0 Å². The van der Waals surface area contributed by atoms with Gasteiger partial charge in [0.15, 0.2) is 5.96 Å². The highest BCUT2D eigenvalue weighted by Gasteiger charge is 2.26. The Morgan fingerprint density at radius 3 is 2.54 bits per heavy atom. The summed E-state index contributed by atoms with van der Waals surface area (Å²) in [6, 6.07) is 7.92. The number of carbonyl (C=O) groups is 1. The van der Waals surface area contributed by atoms with Gasteiger partial charge in [-0.2, -0.15) is 0 Å². The van der Waals surface area contributed by atoms with Crippen LogP contribution in [0, 0.1) is 5.92 Å². The highest BCUT2D eigenvalue weighted by Crippen LogP contribution is 2.19. The number of halogens is 1. The normalized spacial score (nSPS) is 15.5. The molecule has 1 saturated heterocycles. The molecule has 0 bridgehead atoms. The molecule has 1 heterocycles. The molecule has 1 aromatic carbocycles. The molecule has 1 aliphatic rings. The zero-order valence-electron chi connectivity index (χ0n) is 14.4. The lowest BCUT2D eigenvalue weighted by Crippen LogP contribution is -2.46. The summed E-state index contributed by atoms with van der Waals surface area (Å²) in [5, 5.41) is 3.37. The molecule has 6 nitrogen and oxygen atoms in total. The van der Waals surface area contributed by atoms with E-state index in [1.54, 1.807) is 14.2 Å². The predicted molar refractivity (Wildman–Crippen MR) is 105 cm³/mol. The molecule has 0 saturated carbocycles. The number of aliphatic imine (C=N–C) groups is 1. The fourth-order valence-corrected chi connectivity index (χ4v) is 2.85. The molecule has 1 fully saturated rings. The van der Waals surface area contributed by atoms with Crippen molar-refractivity contribution in [2.75, 3.05) is 34.4 Å². The fraction of sp³-hybridized carbons (Fsp3) is 0.529. The summed E-state index contributed by atoms with van der Waals surface area (Å²) in [4.78, 5) is 18.1. The number of nitrogens with zero attached hydrogens (tertiary/aromatic N) is 2. The van der Waals surface area contributed by atoms with Gasteiger partial charge < -0.3 is 19.7 Å². The quantitative estimate of drug-likeness (QED) is 0.332. The molecule has 0 atom stereocenters. The van der Waals surface area contributed by atoms with Crippen LogP contribution < -0.4 is 10.1 Å². The molecule has 2 rings (SSSR count). The summed E-state index contributed by atoms with van der Waals surface area (Å²) in [5.41, 5.74) is 1.08. The maximum atomic E-state index is 11.6. The van der Waals surface area contributed by atoms with Gasteiger partial charge in [0.1, 0.15) is 5.75 Å². The van der Waals surface area contributed by atoms with Crippen LogP contribution in [0.5, 0.6) is 5.75 Å². The van der Waals surface area contributed by atoms with Gasteiger partial charge in [0.2, 0.25) is 0 Å². The maximum absolute atomic E-state index is 11.6. The first kappa shape index (κ1) is 20.5. The van der Waals surface area contributed by atoms with E-state index in [9.17, 15) is 4.79 Å². The Hall–Kier alpha value is -1.51. The number of rotatable bonds is 4. The number of hydrogen-bond donors (Lipinski definition) is 1. The molecule has 1 aromatic rings. The first-order valence-corrected chi connectivity index (χ1v) is 7.85. The van der Waals surface area contributed by atoms with E-state index in [1.807, 2.05) is 24.3 Å². The van der Waals surface area contributed by atoms with E-state index in [2.05, 4.69) is 15.2 Å². The van der Waals surface area contributed by atoms with E-state index in [4.69, 9.17) is 9.47 Å². The zero-order valence-corrected chi connectivity index (χ0v) is 16.8. The second-order valence-electron chi connectivity index (χ2n) is 5.50. The van der Waals surface area contributed by atoms with Crippen LogP contribution >= 0.6 is 24.0 Å². The third-order valence-corrected chi connectivity index (χ3v) is 4.17. The number of carbonyl (C=O) groups excluding carboxylic acids is 1. The van der Waals surface area contributed by atoms with Gasteiger partial charge in [-0.1, -0.05) is 18.2 Å². The molecule has 0 spiro atoms. The van der Waals surface area contributed by atoms with E-state index in [0.29, 0.717) is 6.54 Å². The lowest BCUT2D eigenvalue weighted by Gasteiger charge is -2.33. The number of ether oxygens (including phenoxy) is 2. The second-order valence-corrected chi connectivity index (χ2v) is 5.50. The van der Waals surface area contributed by atoms with Crippen LogP contribution in [0.25, 0.3) is 0 Å². The number of nitrogens with one attached hydrogen (secondary N) is 1. The minimum atomic E-state index is -0.110. The molecule has 0 aliphatic carbocycles. The minimum absolute atomic E-state index is 0. The molecule has 1 aliphatic heterocycles. The minimum Gasteiger partial charge on any atom is -0.496 e. The van der Waals surface area contributed by atoms with E-state index in [1.165, 1.54) is 7.11 Å². The van der Waals surface area contributed by atoms with Crippen molar-refractivity contribution in [2.45, 2.75) is 19.4 Å². The van der Waals surface area contributed by atoms with E-state index in [-0.39, 0.29) is 35.9 Å². The standard InChI is InChI=1S/C17H25N3O3.HI/c1-18-17(19-12-14-6-4-5-7-15(14)22-2)20-10-8-13(9-11-20)16(21)23-3;/h4-7,13H,8-12H2,1-3H3,(H,18,19);1H. The van der Waals surface area contributed by atoms with Crippen LogP contribution in [0.4, 0.5) is 0 Å². The van der Waals surface area contributed by atoms with Gasteiger partial charge in [-0.05, 0) is 18.9 Å². The Bertz CT molecular complexity index is 558. The van der Waals surface area contributed by atoms with Crippen molar-refractivity contribution in [2.24, 2.45) is 10.9 Å². The number of para-hydroxylation sites is 1. The van der Waals surface area contributed by atoms with E-state index >= 15 is 0 Å². The number of piperidine rings is 1. The van der Waals surface area contributed by atoms with Gasteiger partial charge in [0.25, 0.3) is 0 Å². The zero-order chi connectivity index (χ0) is 16.7. The van der Waals surface area contributed by atoms with Gasteiger partial charge >= 0.3 is 5.97 Å². The Balaban J connectivity index is 0.00000288. The molecule has 0 aromatic heterocycles. The molecule has 1 N–H and O–H groups in total. The Morgan fingerprint density at radius 1 is 1.29 bits per heavy atom. The molecule has 24 heavy (non-hydrogen) atoms. The fourth-order valence-electron chi connectivity index (χ4n) is 2.85. The van der Waals surface area contributed by atoms with Crippen molar-refractivity contribution in [3.63, 3.8) is 0 Å². The predicted octanol–water partition coefficient (Wildman–Crippen LogP) is 2.27. The SMILES string of the molecule is CN=C(NCc1ccccc1OC)N1CCC(C(=O)OC)CC1.I. The lowest BCUT2D eigenvalue weighted by atomic mass is 9.97. The van der Waals surface area contributed by atoms with Crippen LogP contribution in [0.15, 0.2) is 29.3 Å². The molecule has 0 unspecified atom stereocenters. The molecule has 0 amide bonds. The third-order valence-electron chi connectivity index (χ3n) is 4.17. The van der Waals surface area contributed by atoms with Crippen LogP contribution in [-0.4, -0.2) is 51.2 Å². The highest BCUT2D eigenvalue weighted by molar-refractivity contribution is 14.0. The molecular weight excluding hydrogens is 421 g/mol. The largest absolute Gasteiger partial charge is 0.496 e. The number of hydrogen-bond acceptors (Lipinski definition) is 4. The van der Waals surface area contributed by atoms with Crippen LogP contribution in [0.2, 0.25) is 0 Å². The monoisotopic (exact) mass is 447 g/mol. The summed E-state index contributed by atoms with van der Waals surface area (Å²) in [7, 11) is 4.89. The van der Waals surface area contributed by atoms with Gasteiger partial charge in [-0.15, -0.1) is 24.0 Å². The number of guanidine groups is 1. The molecule has 134 valence electrons. The van der Waals surface area contributed by atoms with E-state index in [0.717, 1.165) is 43.2 Å². The van der Waals surface area contributed by atoms with Crippen molar-refractivity contribution >= 4 is 35.9 Å². The third kappa shape index (κ3) is 5.25. The summed E-state index contributed by atoms with van der Waals surface area (Å²) in [6.07, 6.45) is 1.59. The Labute approximate surface area is 160 Å². The topological polar surface area (TPSA) is 63.2 Å². The van der Waals surface area contributed by atoms with Crippen LogP contribution in [0.3, 0.4) is 0 Å². The number of likely N-dealkylation sites (tertiary alicyclic amines) is 1. The Morgan fingerprint density at radius 2 is 1.96 bits per heavy atom. The summed E-state index contributed by atoms with van der Waals surface area (Å²) >= 11 is 0. The highest BCUT2D eigenvalue weighted by atomic mass is 127. The molecule has 7 heteroatoms. The number of benzene rings is 1. The van der Waals surface area contributed by atoms with Crippen LogP contribution in [0.1, 0.15) is 18.4 Å². The van der Waals surface area contributed by atoms with Crippen molar-refractivity contribution in [3.8, 4) is 5.75 Å². The summed E-state index contributed by atoms with van der Waals surface area (Å²) < 4.78 is 10.2. The van der Waals surface area contributed by atoms with Gasteiger partial charge in [-0.25, -0.2) is 0 Å². The lowest BCUT2D eigenvalue weighted by molar-refractivity contribution is -0.146. The van der Waals surface area contributed by atoms with Crippen molar-refractivity contribution in [1.29, 1.82) is 0 Å². The van der Waals surface area contributed by atoms with Crippen molar-refractivity contribution < 1.29 is 14.3 Å². The van der Waals surface area contributed by atoms with Gasteiger partial charge in [0, 0.05) is 32.2 Å². The number of esters is 1. The summed E-state index contributed by atoms with van der Waals surface area (Å²) in [5.74, 6) is 1.60. The molecular formula is C17H26IN3O3.